The summed E-state index contributed by atoms with van der Waals surface area (Å²) < 4.78 is 5.51. The predicted molar refractivity (Wildman–Crippen MR) is 75.9 cm³/mol. The first-order valence-corrected chi connectivity index (χ1v) is 6.92. The second-order valence-electron chi connectivity index (χ2n) is 5.68. The summed E-state index contributed by atoms with van der Waals surface area (Å²) in [5.74, 6) is 0.703. The number of nitrogens with one attached hydrogen (secondary N) is 1. The van der Waals surface area contributed by atoms with Crippen LogP contribution < -0.4 is 11.1 Å². The van der Waals surface area contributed by atoms with E-state index in [-0.39, 0.29) is 11.5 Å². The number of benzene rings is 1. The Morgan fingerprint density at radius 3 is 2.89 bits per heavy atom. The molecule has 0 saturated heterocycles. The van der Waals surface area contributed by atoms with Crippen LogP contribution >= 0.6 is 0 Å². The molecule has 1 unspecified atom stereocenters. The first kappa shape index (κ1) is 12.6. The van der Waals surface area contributed by atoms with E-state index in [9.17, 15) is 0 Å². The zero-order valence-electron chi connectivity index (χ0n) is 11.6. The van der Waals surface area contributed by atoms with Crippen LogP contribution in [0.15, 0.2) is 22.6 Å². The molecule has 2 aromatic rings. The molecule has 1 atom stereocenters. The van der Waals surface area contributed by atoms with Gasteiger partial charge >= 0.3 is 0 Å². The zero-order valence-corrected chi connectivity index (χ0v) is 11.6. The van der Waals surface area contributed by atoms with Crippen molar-refractivity contribution in [2.75, 3.05) is 13.6 Å². The molecule has 1 aromatic carbocycles. The molecule has 4 nitrogen and oxygen atoms in total. The third kappa shape index (κ3) is 2.05. The van der Waals surface area contributed by atoms with Gasteiger partial charge in [0.25, 0.3) is 0 Å². The van der Waals surface area contributed by atoms with Gasteiger partial charge in [-0.25, -0.2) is 4.98 Å². The number of nitrogens with zero attached hydrogens (tertiary/aromatic N) is 1. The molecule has 3 rings (SSSR count). The van der Waals surface area contributed by atoms with E-state index >= 15 is 0 Å². The van der Waals surface area contributed by atoms with Crippen LogP contribution in [-0.4, -0.2) is 18.6 Å². The van der Waals surface area contributed by atoms with Crippen molar-refractivity contribution in [3.8, 4) is 0 Å². The SMILES string of the molecule is CNCC1(C(N)c2ccc3oc(C)nc3c2)CCC1. The number of oxazole rings is 1. The summed E-state index contributed by atoms with van der Waals surface area (Å²) in [5, 5.41) is 3.29. The normalized spacial score (nSPS) is 19.3. The molecule has 4 heteroatoms. The summed E-state index contributed by atoms with van der Waals surface area (Å²) in [6.07, 6.45) is 3.68. The van der Waals surface area contributed by atoms with Gasteiger partial charge in [-0.15, -0.1) is 0 Å². The van der Waals surface area contributed by atoms with E-state index in [1.54, 1.807) is 0 Å². The summed E-state index contributed by atoms with van der Waals surface area (Å²) in [5.41, 5.74) is 9.64. The molecule has 1 saturated carbocycles. The van der Waals surface area contributed by atoms with Crippen molar-refractivity contribution >= 4 is 11.1 Å². The van der Waals surface area contributed by atoms with Crippen molar-refractivity contribution in [2.24, 2.45) is 11.1 Å². The van der Waals surface area contributed by atoms with Gasteiger partial charge in [0.05, 0.1) is 0 Å². The fourth-order valence-corrected chi connectivity index (χ4v) is 3.19. The van der Waals surface area contributed by atoms with Crippen LogP contribution in [0.3, 0.4) is 0 Å². The largest absolute Gasteiger partial charge is 0.441 e. The molecular weight excluding hydrogens is 238 g/mol. The molecule has 102 valence electrons. The van der Waals surface area contributed by atoms with Crippen LogP contribution in [0.1, 0.15) is 36.8 Å². The van der Waals surface area contributed by atoms with E-state index in [1.165, 1.54) is 19.3 Å². The lowest BCUT2D eigenvalue weighted by atomic mass is 9.62. The molecule has 1 fully saturated rings. The highest BCUT2D eigenvalue weighted by molar-refractivity contribution is 5.73. The Labute approximate surface area is 113 Å². The molecule has 1 aromatic heterocycles. The Kier molecular flexibility index (Phi) is 3.07. The van der Waals surface area contributed by atoms with Crippen LogP contribution in [0, 0.1) is 12.3 Å². The van der Waals surface area contributed by atoms with Gasteiger partial charge in [-0.05, 0) is 37.6 Å². The highest BCUT2D eigenvalue weighted by Crippen LogP contribution is 2.48. The molecule has 1 aliphatic rings. The van der Waals surface area contributed by atoms with Crippen molar-refractivity contribution in [3.63, 3.8) is 0 Å². The van der Waals surface area contributed by atoms with Crippen molar-refractivity contribution in [1.82, 2.24) is 10.3 Å². The molecule has 0 amide bonds. The van der Waals surface area contributed by atoms with Crippen LogP contribution in [0.25, 0.3) is 11.1 Å². The lowest BCUT2D eigenvalue weighted by Gasteiger charge is -2.46. The van der Waals surface area contributed by atoms with Gasteiger partial charge < -0.3 is 15.5 Å². The van der Waals surface area contributed by atoms with Crippen LogP contribution in [0.2, 0.25) is 0 Å². The minimum absolute atomic E-state index is 0.0649. The molecule has 1 aliphatic carbocycles. The molecule has 3 N–H and O–H groups in total. The van der Waals surface area contributed by atoms with Gasteiger partial charge in [0.15, 0.2) is 11.5 Å². The number of aryl methyl sites for hydroxylation is 1. The summed E-state index contributed by atoms with van der Waals surface area (Å²) in [4.78, 5) is 4.39. The number of hydrogen-bond acceptors (Lipinski definition) is 4. The Morgan fingerprint density at radius 1 is 1.47 bits per heavy atom. The predicted octanol–water partition coefficient (Wildman–Crippen LogP) is 2.53. The number of fused-ring (bicyclic) bond motifs is 1. The highest BCUT2D eigenvalue weighted by Gasteiger charge is 2.42. The number of aromatic nitrogens is 1. The lowest BCUT2D eigenvalue weighted by Crippen LogP contribution is -2.46. The highest BCUT2D eigenvalue weighted by atomic mass is 16.3. The molecule has 0 aliphatic heterocycles. The summed E-state index contributed by atoms with van der Waals surface area (Å²) in [7, 11) is 2.00. The standard InChI is InChI=1S/C15H21N3O/c1-10-18-12-8-11(4-5-13(12)19-10)14(16)15(9-17-2)6-3-7-15/h4-5,8,14,17H,3,6-7,9,16H2,1-2H3. The molecular formula is C15H21N3O. The van der Waals surface area contributed by atoms with E-state index in [0.29, 0.717) is 5.89 Å². The van der Waals surface area contributed by atoms with Gasteiger partial charge in [0, 0.05) is 24.9 Å². The lowest BCUT2D eigenvalue weighted by molar-refractivity contribution is 0.0948. The van der Waals surface area contributed by atoms with E-state index in [1.807, 2.05) is 20.0 Å². The van der Waals surface area contributed by atoms with Gasteiger partial charge in [-0.1, -0.05) is 12.5 Å². The Morgan fingerprint density at radius 2 is 2.26 bits per heavy atom. The average Bonchev–Trinajstić information content (AvgIpc) is 2.72. The molecule has 0 bridgehead atoms. The summed E-state index contributed by atoms with van der Waals surface area (Å²) in [6, 6.07) is 6.20. The molecule has 0 radical (unpaired) electrons. The van der Waals surface area contributed by atoms with Crippen LogP contribution in [0.4, 0.5) is 0 Å². The fourth-order valence-electron chi connectivity index (χ4n) is 3.19. The van der Waals surface area contributed by atoms with Crippen molar-refractivity contribution in [3.05, 3.63) is 29.7 Å². The maximum Gasteiger partial charge on any atom is 0.192 e. The van der Waals surface area contributed by atoms with E-state index in [0.717, 1.165) is 23.2 Å². The van der Waals surface area contributed by atoms with Crippen molar-refractivity contribution in [1.29, 1.82) is 0 Å². The van der Waals surface area contributed by atoms with Gasteiger partial charge in [-0.2, -0.15) is 0 Å². The molecule has 1 heterocycles. The summed E-state index contributed by atoms with van der Waals surface area (Å²) in [6.45, 7) is 2.85. The van der Waals surface area contributed by atoms with Crippen molar-refractivity contribution in [2.45, 2.75) is 32.2 Å². The first-order valence-electron chi connectivity index (χ1n) is 6.92. The monoisotopic (exact) mass is 259 g/mol. The Balaban J connectivity index is 1.94. The first-order chi connectivity index (χ1) is 9.14. The number of nitrogens with two attached hydrogens (primary N) is 1. The second kappa shape index (κ2) is 4.62. The number of rotatable bonds is 4. The maximum atomic E-state index is 6.52. The quantitative estimate of drug-likeness (QED) is 0.885. The third-order valence-corrected chi connectivity index (χ3v) is 4.42. The van der Waals surface area contributed by atoms with Crippen LogP contribution in [-0.2, 0) is 0 Å². The average molecular weight is 259 g/mol. The van der Waals surface area contributed by atoms with E-state index in [2.05, 4.69) is 22.4 Å². The summed E-state index contributed by atoms with van der Waals surface area (Å²) >= 11 is 0. The maximum absolute atomic E-state index is 6.52. The minimum Gasteiger partial charge on any atom is -0.441 e. The Hall–Kier alpha value is -1.39. The Bertz CT molecular complexity index is 586. The molecule has 0 spiro atoms. The molecule has 19 heavy (non-hydrogen) atoms. The van der Waals surface area contributed by atoms with E-state index < -0.39 is 0 Å². The van der Waals surface area contributed by atoms with Gasteiger partial charge in [-0.3, -0.25) is 0 Å². The van der Waals surface area contributed by atoms with Gasteiger partial charge in [0.1, 0.15) is 5.52 Å². The number of hydrogen-bond donors (Lipinski definition) is 2. The minimum atomic E-state index is 0.0649. The zero-order chi connectivity index (χ0) is 13.5. The van der Waals surface area contributed by atoms with E-state index in [4.69, 9.17) is 10.2 Å². The smallest absolute Gasteiger partial charge is 0.192 e. The third-order valence-electron chi connectivity index (χ3n) is 4.42. The van der Waals surface area contributed by atoms with Gasteiger partial charge in [0.2, 0.25) is 0 Å². The second-order valence-corrected chi connectivity index (χ2v) is 5.68. The fraction of sp³-hybridized carbons (Fsp3) is 0.533. The van der Waals surface area contributed by atoms with Crippen molar-refractivity contribution < 1.29 is 4.42 Å². The van der Waals surface area contributed by atoms with Crippen LogP contribution in [0.5, 0.6) is 0 Å². The topological polar surface area (TPSA) is 64.1 Å².